The third-order valence-corrected chi connectivity index (χ3v) is 8.65. The normalized spacial score (nSPS) is 12.5. The number of phenols is 1. The molecule has 0 saturated heterocycles. The molecule has 4 N–H and O–H groups in total. The molecule has 3 heterocycles. The summed E-state index contributed by atoms with van der Waals surface area (Å²) < 4.78 is 6.64. The zero-order chi connectivity index (χ0) is 27.2. The maximum atomic E-state index is 11.7. The molecular weight excluding hydrogens is 532 g/mol. The number of hydrogen-bond acceptors (Lipinski definition) is 9. The van der Waals surface area contributed by atoms with E-state index in [1.807, 2.05) is 47.7 Å². The van der Waals surface area contributed by atoms with E-state index in [1.54, 1.807) is 12.3 Å². The van der Waals surface area contributed by atoms with Gasteiger partial charge in [0, 0.05) is 29.3 Å². The van der Waals surface area contributed by atoms with Crippen molar-refractivity contribution in [2.24, 2.45) is 0 Å². The number of aromatic hydroxyl groups is 1. The van der Waals surface area contributed by atoms with E-state index in [4.69, 9.17) is 4.42 Å². The van der Waals surface area contributed by atoms with Crippen molar-refractivity contribution in [1.29, 1.82) is 0 Å². The highest BCUT2D eigenvalue weighted by Crippen LogP contribution is 2.28. The van der Waals surface area contributed by atoms with Gasteiger partial charge in [0.25, 0.3) is 0 Å². The van der Waals surface area contributed by atoms with Crippen molar-refractivity contribution in [3.8, 4) is 5.75 Å². The van der Waals surface area contributed by atoms with Gasteiger partial charge in [-0.3, -0.25) is 4.79 Å². The topological polar surface area (TPSA) is 115 Å². The summed E-state index contributed by atoms with van der Waals surface area (Å²) in [7, 11) is 2.10. The fraction of sp³-hybridized carbons (Fsp3) is 0.310. The first-order valence-electron chi connectivity index (χ1n) is 12.9. The van der Waals surface area contributed by atoms with Gasteiger partial charge in [-0.15, -0.1) is 11.3 Å². The summed E-state index contributed by atoms with van der Waals surface area (Å²) in [4.78, 5) is 23.4. The molecule has 0 fully saturated rings. The largest absolute Gasteiger partial charge is 0.506 e. The summed E-state index contributed by atoms with van der Waals surface area (Å²) in [5, 5.41) is 23.9. The molecule has 0 radical (unpaired) electrons. The van der Waals surface area contributed by atoms with Gasteiger partial charge in [0.05, 0.1) is 10.9 Å². The average molecular weight is 565 g/mol. The number of likely N-dealkylation sites (N-methyl/N-ethyl adjacent to an activating group) is 1. The van der Waals surface area contributed by atoms with Gasteiger partial charge in [0.1, 0.15) is 17.0 Å². The lowest BCUT2D eigenvalue weighted by atomic mass is 10.1. The van der Waals surface area contributed by atoms with Crippen molar-refractivity contribution in [3.05, 3.63) is 103 Å². The number of benzene rings is 2. The van der Waals surface area contributed by atoms with Crippen LogP contribution in [-0.4, -0.2) is 51.8 Å². The van der Waals surface area contributed by atoms with Crippen LogP contribution < -0.4 is 10.2 Å². The molecule has 39 heavy (non-hydrogen) atoms. The molecular formula is C29H32N4O4S2. The van der Waals surface area contributed by atoms with Crippen LogP contribution in [0.3, 0.4) is 0 Å². The minimum absolute atomic E-state index is 0.116. The predicted octanol–water partition coefficient (Wildman–Crippen LogP) is 4.48. The van der Waals surface area contributed by atoms with E-state index in [1.165, 1.54) is 9.75 Å². The van der Waals surface area contributed by atoms with Crippen molar-refractivity contribution >= 4 is 32.9 Å². The molecule has 204 valence electrons. The monoisotopic (exact) mass is 564 g/mol. The minimum atomic E-state index is -0.854. The third kappa shape index (κ3) is 7.03. The van der Waals surface area contributed by atoms with E-state index in [0.717, 1.165) is 78.4 Å². The number of aromatic nitrogens is 2. The maximum Gasteiger partial charge on any atom is 0.305 e. The van der Waals surface area contributed by atoms with Crippen LogP contribution in [0.5, 0.6) is 5.75 Å². The molecule has 0 bridgehead atoms. The molecule has 0 amide bonds. The number of aliphatic hydroxyl groups is 1. The Labute approximate surface area is 234 Å². The van der Waals surface area contributed by atoms with Crippen LogP contribution in [0.4, 0.5) is 0 Å². The SMILES string of the molecule is CN(CCc1cnc(C(O)c2ccccc2)o1)Cc1ccc(CCNCCc2ccc(O)c3[nH]c(=O)sc23)s1. The molecule has 5 rings (SSSR count). The average Bonchev–Trinajstić information content (AvgIpc) is 3.69. The summed E-state index contributed by atoms with van der Waals surface area (Å²) in [6.45, 7) is 3.37. The Balaban J connectivity index is 1.02. The standard InChI is InChI=1S/C29H32N4O4S2/c1-33(16-13-21-17-31-28(37-21)26(35)19-5-3-2-4-6-19)18-23-9-8-22(38-23)12-15-30-14-11-20-7-10-24(34)25-27(20)39-29(36)32-25/h2-10,17,26,30,34-35H,11-16,18H2,1H3,(H,32,36). The number of nitrogens with one attached hydrogen (secondary N) is 2. The Bertz CT molecular complexity index is 1560. The molecule has 5 aromatic rings. The molecule has 3 aromatic heterocycles. The van der Waals surface area contributed by atoms with Gasteiger partial charge in [0.15, 0.2) is 6.10 Å². The molecule has 1 unspecified atom stereocenters. The number of fused-ring (bicyclic) bond motifs is 1. The molecule has 10 heteroatoms. The second-order valence-corrected chi connectivity index (χ2v) is 11.8. The van der Waals surface area contributed by atoms with E-state index in [0.29, 0.717) is 11.4 Å². The summed E-state index contributed by atoms with van der Waals surface area (Å²) in [5.41, 5.74) is 2.36. The van der Waals surface area contributed by atoms with Gasteiger partial charge in [-0.2, -0.15) is 0 Å². The van der Waals surface area contributed by atoms with Crippen molar-refractivity contribution in [2.45, 2.75) is 31.9 Å². The highest BCUT2D eigenvalue weighted by atomic mass is 32.1. The third-order valence-electron chi connectivity index (χ3n) is 6.56. The predicted molar refractivity (Wildman–Crippen MR) is 156 cm³/mol. The highest BCUT2D eigenvalue weighted by Gasteiger charge is 2.16. The number of H-pyrrole nitrogens is 1. The van der Waals surface area contributed by atoms with E-state index >= 15 is 0 Å². The molecule has 0 spiro atoms. The summed E-state index contributed by atoms with van der Waals surface area (Å²) in [6.07, 6.45) is 3.33. The van der Waals surface area contributed by atoms with Gasteiger partial charge in [-0.1, -0.05) is 47.7 Å². The van der Waals surface area contributed by atoms with Gasteiger partial charge >= 0.3 is 4.87 Å². The first-order chi connectivity index (χ1) is 19.0. The number of aromatic amines is 1. The van der Waals surface area contributed by atoms with Crippen molar-refractivity contribution < 1.29 is 14.6 Å². The number of aliphatic hydroxyl groups excluding tert-OH is 1. The van der Waals surface area contributed by atoms with Crippen LogP contribution in [0.25, 0.3) is 10.2 Å². The first kappa shape index (κ1) is 27.3. The Morgan fingerprint density at radius 2 is 1.82 bits per heavy atom. The fourth-order valence-electron chi connectivity index (χ4n) is 4.46. The summed E-state index contributed by atoms with van der Waals surface area (Å²) in [5.74, 6) is 1.21. The lowest BCUT2D eigenvalue weighted by Gasteiger charge is -2.14. The maximum absolute atomic E-state index is 11.7. The van der Waals surface area contributed by atoms with E-state index < -0.39 is 6.10 Å². The van der Waals surface area contributed by atoms with Crippen LogP contribution in [0.15, 0.2) is 70.0 Å². The number of rotatable bonds is 13. The van der Waals surface area contributed by atoms with Crippen LogP contribution >= 0.6 is 22.7 Å². The van der Waals surface area contributed by atoms with Gasteiger partial charge in [-0.25, -0.2) is 4.98 Å². The van der Waals surface area contributed by atoms with Gasteiger partial charge < -0.3 is 29.8 Å². The zero-order valence-corrected chi connectivity index (χ0v) is 23.4. The lowest BCUT2D eigenvalue weighted by molar-refractivity contribution is 0.179. The Hall–Kier alpha value is -3.28. The number of nitrogens with zero attached hydrogens (tertiary/aromatic N) is 2. The van der Waals surface area contributed by atoms with Gasteiger partial charge in [-0.05, 0) is 62.3 Å². The molecule has 1 atom stereocenters. The van der Waals surface area contributed by atoms with E-state index in [2.05, 4.69) is 39.4 Å². The Morgan fingerprint density at radius 3 is 2.67 bits per heavy atom. The van der Waals surface area contributed by atoms with Crippen LogP contribution in [0, 0.1) is 0 Å². The molecule has 0 aliphatic carbocycles. The summed E-state index contributed by atoms with van der Waals surface area (Å²) >= 11 is 2.98. The smallest absolute Gasteiger partial charge is 0.305 e. The zero-order valence-electron chi connectivity index (χ0n) is 21.7. The minimum Gasteiger partial charge on any atom is -0.506 e. The lowest BCUT2D eigenvalue weighted by Crippen LogP contribution is -2.20. The number of thiophene rings is 1. The number of phenolic OH excluding ortho intramolecular Hbond substituents is 1. The molecule has 0 aliphatic heterocycles. The second-order valence-electron chi connectivity index (χ2n) is 9.55. The van der Waals surface area contributed by atoms with E-state index in [9.17, 15) is 15.0 Å². The quantitative estimate of drug-likeness (QED) is 0.156. The molecule has 2 aromatic carbocycles. The number of oxazole rings is 1. The van der Waals surface area contributed by atoms with Crippen molar-refractivity contribution in [1.82, 2.24) is 20.2 Å². The molecule has 8 nitrogen and oxygen atoms in total. The van der Waals surface area contributed by atoms with Crippen LogP contribution in [0.1, 0.15) is 38.6 Å². The number of thiazole rings is 1. The van der Waals surface area contributed by atoms with E-state index in [-0.39, 0.29) is 10.6 Å². The fourth-order valence-corrected chi connectivity index (χ4v) is 6.46. The van der Waals surface area contributed by atoms with Crippen molar-refractivity contribution in [3.63, 3.8) is 0 Å². The van der Waals surface area contributed by atoms with Crippen molar-refractivity contribution in [2.75, 3.05) is 26.7 Å². The first-order valence-corrected chi connectivity index (χ1v) is 14.6. The number of hydrogen-bond donors (Lipinski definition) is 4. The Morgan fingerprint density at radius 1 is 1.03 bits per heavy atom. The highest BCUT2D eigenvalue weighted by molar-refractivity contribution is 7.16. The molecule has 0 aliphatic rings. The van der Waals surface area contributed by atoms with Gasteiger partial charge in [0.2, 0.25) is 5.89 Å². The second kappa shape index (κ2) is 12.7. The van der Waals surface area contributed by atoms with Crippen LogP contribution in [-0.2, 0) is 25.8 Å². The summed E-state index contributed by atoms with van der Waals surface area (Å²) in [6, 6.07) is 17.3. The Kier molecular flexibility index (Phi) is 8.90. The molecule has 0 saturated carbocycles. The van der Waals surface area contributed by atoms with Crippen LogP contribution in [0.2, 0.25) is 0 Å².